The second-order valence-electron chi connectivity index (χ2n) is 4.93. The zero-order chi connectivity index (χ0) is 15.7. The lowest BCUT2D eigenvalue weighted by Gasteiger charge is -1.97. The summed E-state index contributed by atoms with van der Waals surface area (Å²) in [7, 11) is 0. The molecule has 0 fully saturated rings. The van der Waals surface area contributed by atoms with Crippen molar-refractivity contribution in [3.63, 3.8) is 0 Å². The molecule has 4 nitrogen and oxygen atoms in total. The van der Waals surface area contributed by atoms with Crippen molar-refractivity contribution in [3.8, 4) is 0 Å². The van der Waals surface area contributed by atoms with Crippen LogP contribution in [0.25, 0.3) is 0 Å². The van der Waals surface area contributed by atoms with Crippen molar-refractivity contribution >= 4 is 47.4 Å². The minimum absolute atomic E-state index is 0. The molecular weight excluding hydrogens is 359 g/mol. The van der Waals surface area contributed by atoms with Crippen molar-refractivity contribution in [3.05, 3.63) is 68.7 Å². The van der Waals surface area contributed by atoms with Crippen LogP contribution in [0.5, 0.6) is 0 Å². The van der Waals surface area contributed by atoms with Crippen molar-refractivity contribution < 1.29 is 9.59 Å². The quantitative estimate of drug-likeness (QED) is 0.696. The van der Waals surface area contributed by atoms with E-state index >= 15 is 0 Å². The van der Waals surface area contributed by atoms with Gasteiger partial charge in [0.05, 0.1) is 16.1 Å². The Morgan fingerprint density at radius 3 is 2.26 bits per heavy atom. The predicted molar refractivity (Wildman–Crippen MR) is 92.5 cm³/mol. The normalized spacial score (nSPS) is 14.2. The molecule has 0 aliphatic carbocycles. The summed E-state index contributed by atoms with van der Waals surface area (Å²) in [5, 5.41) is 6.61. The monoisotopic (exact) mass is 370 g/mol. The number of imide groups is 1. The first kappa shape index (κ1) is 17.8. The predicted octanol–water partition coefficient (Wildman–Crippen LogP) is 3.59. The van der Waals surface area contributed by atoms with Crippen molar-refractivity contribution in [1.29, 1.82) is 0 Å². The zero-order valence-corrected chi connectivity index (χ0v) is 14.2. The minimum Gasteiger partial charge on any atom is -0.309 e. The summed E-state index contributed by atoms with van der Waals surface area (Å²) in [6.07, 6.45) is 0. The molecule has 0 saturated heterocycles. The maximum atomic E-state index is 11.1. The van der Waals surface area contributed by atoms with Gasteiger partial charge >= 0.3 is 0 Å². The molecule has 2 aromatic carbocycles. The number of fused-ring (bicyclic) bond motifs is 2. The van der Waals surface area contributed by atoms with Gasteiger partial charge in [-0.15, -0.1) is 12.4 Å². The van der Waals surface area contributed by atoms with Gasteiger partial charge in [-0.05, 0) is 29.3 Å². The number of benzene rings is 2. The Labute approximate surface area is 149 Å². The van der Waals surface area contributed by atoms with Crippen LogP contribution >= 0.6 is 35.6 Å². The van der Waals surface area contributed by atoms with Crippen LogP contribution in [0.3, 0.4) is 0 Å². The molecule has 2 aliphatic heterocycles. The Morgan fingerprint density at radius 1 is 0.870 bits per heavy atom. The Kier molecular flexibility index (Phi) is 5.65. The summed E-state index contributed by atoms with van der Waals surface area (Å²) in [4.78, 5) is 22.1. The molecule has 0 saturated carbocycles. The van der Waals surface area contributed by atoms with Crippen LogP contribution in [0.2, 0.25) is 10.0 Å². The number of carbonyl (C=O) groups is 2. The number of rotatable bonds is 0. The summed E-state index contributed by atoms with van der Waals surface area (Å²) in [6.45, 7) is 1.89. The zero-order valence-electron chi connectivity index (χ0n) is 11.9. The lowest BCUT2D eigenvalue weighted by Crippen LogP contribution is -2.19. The third-order valence-corrected chi connectivity index (χ3v) is 4.21. The fourth-order valence-electron chi connectivity index (χ4n) is 2.47. The molecule has 0 aromatic heterocycles. The van der Waals surface area contributed by atoms with Crippen molar-refractivity contribution in [2.24, 2.45) is 0 Å². The first-order valence-electron chi connectivity index (χ1n) is 6.69. The Morgan fingerprint density at radius 2 is 1.57 bits per heavy atom. The second kappa shape index (κ2) is 7.32. The highest BCUT2D eigenvalue weighted by atomic mass is 35.5. The summed E-state index contributed by atoms with van der Waals surface area (Å²) in [5.41, 5.74) is 3.24. The van der Waals surface area contributed by atoms with E-state index in [1.807, 2.05) is 12.1 Å². The maximum Gasteiger partial charge on any atom is 0.260 e. The number of halogens is 3. The molecule has 7 heteroatoms. The van der Waals surface area contributed by atoms with Gasteiger partial charge in [-0.3, -0.25) is 14.9 Å². The van der Waals surface area contributed by atoms with Crippen LogP contribution in [-0.4, -0.2) is 11.8 Å². The Hall–Kier alpha value is -1.59. The first-order valence-corrected chi connectivity index (χ1v) is 7.44. The van der Waals surface area contributed by atoms with Crippen molar-refractivity contribution in [2.45, 2.75) is 13.1 Å². The molecule has 2 N–H and O–H groups in total. The molecule has 2 amide bonds. The van der Waals surface area contributed by atoms with Gasteiger partial charge in [0.25, 0.3) is 11.8 Å². The molecule has 2 heterocycles. The second-order valence-corrected chi connectivity index (χ2v) is 5.74. The van der Waals surface area contributed by atoms with E-state index in [1.165, 1.54) is 11.1 Å². The highest BCUT2D eigenvalue weighted by Gasteiger charge is 2.28. The summed E-state index contributed by atoms with van der Waals surface area (Å²) in [6, 6.07) is 10.8. The highest BCUT2D eigenvalue weighted by Crippen LogP contribution is 2.24. The van der Waals surface area contributed by atoms with Crippen molar-refractivity contribution in [1.82, 2.24) is 10.6 Å². The van der Waals surface area contributed by atoms with Crippen LogP contribution in [0.4, 0.5) is 0 Å². The number of carbonyl (C=O) groups excluding carboxylic acids is 2. The van der Waals surface area contributed by atoms with E-state index in [0.717, 1.165) is 18.1 Å². The van der Waals surface area contributed by atoms with Gasteiger partial charge in [-0.25, -0.2) is 0 Å². The summed E-state index contributed by atoms with van der Waals surface area (Å²) >= 11 is 11.6. The van der Waals surface area contributed by atoms with Gasteiger partial charge in [-0.1, -0.05) is 41.4 Å². The average molecular weight is 372 g/mol. The molecule has 2 aromatic rings. The van der Waals surface area contributed by atoms with Gasteiger partial charge < -0.3 is 5.32 Å². The topological polar surface area (TPSA) is 58.2 Å². The summed E-state index contributed by atoms with van der Waals surface area (Å²) in [5.74, 6) is -0.793. The molecule has 0 unspecified atom stereocenters. The molecule has 23 heavy (non-hydrogen) atoms. The van der Waals surface area contributed by atoms with E-state index < -0.39 is 5.91 Å². The molecule has 0 bridgehead atoms. The number of nitrogens with one attached hydrogen (secondary N) is 2. The van der Waals surface area contributed by atoms with Crippen LogP contribution in [0.15, 0.2) is 36.4 Å². The third kappa shape index (κ3) is 3.51. The van der Waals surface area contributed by atoms with Gasteiger partial charge in [-0.2, -0.15) is 0 Å². The van der Waals surface area contributed by atoms with Crippen LogP contribution in [-0.2, 0) is 13.1 Å². The van der Waals surface area contributed by atoms with E-state index in [0.29, 0.717) is 10.6 Å². The van der Waals surface area contributed by atoms with E-state index in [2.05, 4.69) is 16.7 Å². The van der Waals surface area contributed by atoms with Crippen LogP contribution < -0.4 is 10.6 Å². The molecule has 2 aliphatic rings. The fraction of sp³-hybridized carbons (Fsp3) is 0.125. The van der Waals surface area contributed by atoms with Gasteiger partial charge in [0.15, 0.2) is 0 Å². The lowest BCUT2D eigenvalue weighted by molar-refractivity contribution is 0.0879. The van der Waals surface area contributed by atoms with E-state index in [1.54, 1.807) is 18.2 Å². The molecule has 0 radical (unpaired) electrons. The Bertz CT molecular complexity index is 778. The minimum atomic E-state index is -0.416. The highest BCUT2D eigenvalue weighted by molar-refractivity contribution is 6.37. The summed E-state index contributed by atoms with van der Waals surface area (Å²) < 4.78 is 0. The Balaban J connectivity index is 0.000000162. The molecule has 0 atom stereocenters. The first-order chi connectivity index (χ1) is 10.6. The van der Waals surface area contributed by atoms with Gasteiger partial charge in [0.1, 0.15) is 0 Å². The molecule has 120 valence electrons. The lowest BCUT2D eigenvalue weighted by atomic mass is 10.1. The molecule has 4 rings (SSSR count). The average Bonchev–Trinajstić information content (AvgIpc) is 3.07. The van der Waals surface area contributed by atoms with E-state index in [9.17, 15) is 9.59 Å². The van der Waals surface area contributed by atoms with Crippen LogP contribution in [0, 0.1) is 0 Å². The smallest absolute Gasteiger partial charge is 0.260 e. The SMILES string of the molecule is Cl.Clc1cccc2c1CNC2.O=C1NC(=O)c2c(Cl)cccc21. The number of hydrogen-bond acceptors (Lipinski definition) is 3. The van der Waals surface area contributed by atoms with E-state index in [-0.39, 0.29) is 23.9 Å². The largest absolute Gasteiger partial charge is 0.309 e. The standard InChI is InChI=1S/C8H4ClNO2.C8H8ClN.ClH/c9-5-3-1-2-4-6(5)8(12)10-7(4)11;9-8-3-1-2-6-4-10-5-7(6)8;/h1-3H,(H,10,11,12);1-3,10H,4-5H2;1H. The van der Waals surface area contributed by atoms with Gasteiger partial charge in [0, 0.05) is 18.1 Å². The third-order valence-electron chi connectivity index (χ3n) is 3.55. The van der Waals surface area contributed by atoms with E-state index in [4.69, 9.17) is 23.2 Å². The van der Waals surface area contributed by atoms with Gasteiger partial charge in [0.2, 0.25) is 0 Å². The maximum absolute atomic E-state index is 11.1. The fourth-order valence-corrected chi connectivity index (χ4v) is 2.99. The molecule has 0 spiro atoms. The van der Waals surface area contributed by atoms with Crippen LogP contribution in [0.1, 0.15) is 31.8 Å². The number of hydrogen-bond donors (Lipinski definition) is 2. The number of amides is 2. The van der Waals surface area contributed by atoms with Crippen molar-refractivity contribution in [2.75, 3.05) is 0 Å². The molecular formula is C16H13Cl3N2O2.